The third-order valence-electron chi connectivity index (χ3n) is 5.56. The topological polar surface area (TPSA) is 72.4 Å². The molecular formula is C27H17F2NO4S. The summed E-state index contributed by atoms with van der Waals surface area (Å²) in [7, 11) is 0. The quantitative estimate of drug-likeness (QED) is 0.333. The molecule has 174 valence electrons. The molecule has 0 amide bonds. The van der Waals surface area contributed by atoms with Gasteiger partial charge in [0.2, 0.25) is 0 Å². The minimum absolute atomic E-state index is 0.0810. The van der Waals surface area contributed by atoms with Crippen LogP contribution < -0.4 is 11.2 Å². The van der Waals surface area contributed by atoms with Gasteiger partial charge < -0.3 is 9.52 Å². The maximum atomic E-state index is 14.2. The van der Waals surface area contributed by atoms with E-state index >= 15 is 0 Å². The predicted octanol–water partition coefficient (Wildman–Crippen LogP) is 6.05. The molecule has 0 radical (unpaired) electrons. The first-order chi connectivity index (χ1) is 16.9. The highest BCUT2D eigenvalue weighted by Gasteiger charge is 2.25. The van der Waals surface area contributed by atoms with Crippen LogP contribution in [0.25, 0.3) is 27.9 Å². The molecule has 0 fully saturated rings. The van der Waals surface area contributed by atoms with Gasteiger partial charge in [-0.3, -0.25) is 9.36 Å². The molecule has 0 atom stereocenters. The van der Waals surface area contributed by atoms with Gasteiger partial charge in [-0.05, 0) is 42.8 Å². The van der Waals surface area contributed by atoms with Gasteiger partial charge in [0.25, 0.3) is 5.56 Å². The zero-order chi connectivity index (χ0) is 24.7. The zero-order valence-corrected chi connectivity index (χ0v) is 19.1. The number of aromatic hydroxyl groups is 1. The standard InChI is InChI=1S/C27H17F2NO4S/c1-15-22(16-8-3-2-4-9-16)30(18-11-7-10-17(28)14-18)26(32)21-23(31)25(27(33)34-24(15)21)35-20-13-6-5-12-19(20)29/h2-14,31H,1H3. The third kappa shape index (κ3) is 3.91. The van der Waals surface area contributed by atoms with Crippen molar-refractivity contribution in [2.45, 2.75) is 16.7 Å². The van der Waals surface area contributed by atoms with E-state index in [1.165, 1.54) is 41.0 Å². The van der Waals surface area contributed by atoms with Gasteiger partial charge in [-0.15, -0.1) is 0 Å². The molecule has 5 rings (SSSR count). The lowest BCUT2D eigenvalue weighted by molar-refractivity contribution is 0.445. The average molecular weight is 489 g/mol. The van der Waals surface area contributed by atoms with E-state index in [-0.39, 0.29) is 26.4 Å². The van der Waals surface area contributed by atoms with Gasteiger partial charge in [0.15, 0.2) is 11.3 Å². The zero-order valence-electron chi connectivity index (χ0n) is 18.3. The second kappa shape index (κ2) is 8.88. The molecule has 2 heterocycles. The van der Waals surface area contributed by atoms with Crippen molar-refractivity contribution in [3.8, 4) is 22.7 Å². The number of halogens is 2. The highest BCUT2D eigenvalue weighted by atomic mass is 32.2. The lowest BCUT2D eigenvalue weighted by atomic mass is 10.0. The summed E-state index contributed by atoms with van der Waals surface area (Å²) in [5.74, 6) is -1.77. The van der Waals surface area contributed by atoms with Crippen LogP contribution in [0.1, 0.15) is 5.56 Å². The van der Waals surface area contributed by atoms with Crippen molar-refractivity contribution in [2.75, 3.05) is 0 Å². The lowest BCUT2D eigenvalue weighted by Gasteiger charge is -2.18. The number of aromatic nitrogens is 1. The Morgan fingerprint density at radius 2 is 1.63 bits per heavy atom. The van der Waals surface area contributed by atoms with Crippen LogP contribution >= 0.6 is 11.8 Å². The smallest absolute Gasteiger partial charge is 0.354 e. The van der Waals surface area contributed by atoms with Gasteiger partial charge in [-0.25, -0.2) is 13.6 Å². The lowest BCUT2D eigenvalue weighted by Crippen LogP contribution is -2.23. The molecule has 0 saturated heterocycles. The van der Waals surface area contributed by atoms with Crippen molar-refractivity contribution in [1.29, 1.82) is 0 Å². The molecular weight excluding hydrogens is 472 g/mol. The fourth-order valence-electron chi connectivity index (χ4n) is 3.99. The average Bonchev–Trinajstić information content (AvgIpc) is 2.85. The Hall–Kier alpha value is -4.17. The molecule has 0 bridgehead atoms. The fourth-order valence-corrected chi connectivity index (χ4v) is 4.85. The van der Waals surface area contributed by atoms with Gasteiger partial charge in [0, 0.05) is 10.5 Å². The summed E-state index contributed by atoms with van der Waals surface area (Å²) in [6, 6.07) is 20.1. The molecule has 5 aromatic rings. The van der Waals surface area contributed by atoms with Crippen LogP contribution in [0.4, 0.5) is 8.78 Å². The van der Waals surface area contributed by atoms with E-state index in [1.54, 1.807) is 43.3 Å². The predicted molar refractivity (Wildman–Crippen MR) is 130 cm³/mol. The second-order valence-corrected chi connectivity index (χ2v) is 8.82. The summed E-state index contributed by atoms with van der Waals surface area (Å²) < 4.78 is 35.2. The number of fused-ring (bicyclic) bond motifs is 1. The largest absolute Gasteiger partial charge is 0.505 e. The molecule has 0 unspecified atom stereocenters. The molecule has 1 N–H and O–H groups in total. The van der Waals surface area contributed by atoms with E-state index in [1.807, 2.05) is 6.07 Å². The van der Waals surface area contributed by atoms with E-state index in [4.69, 9.17) is 4.42 Å². The first-order valence-electron chi connectivity index (χ1n) is 10.6. The Morgan fingerprint density at radius 1 is 0.914 bits per heavy atom. The van der Waals surface area contributed by atoms with Crippen LogP contribution in [0, 0.1) is 18.6 Å². The Morgan fingerprint density at radius 3 is 2.34 bits per heavy atom. The van der Waals surface area contributed by atoms with E-state index in [9.17, 15) is 23.5 Å². The SMILES string of the molecule is Cc1c(-c2ccccc2)n(-c2cccc(F)c2)c(=O)c2c(O)c(Sc3ccccc3F)c(=O)oc12. The van der Waals surface area contributed by atoms with E-state index in [0.29, 0.717) is 28.6 Å². The molecule has 5 nitrogen and oxygen atoms in total. The first-order valence-corrected chi connectivity index (χ1v) is 11.4. The molecule has 0 aliphatic rings. The van der Waals surface area contributed by atoms with E-state index < -0.39 is 28.6 Å². The van der Waals surface area contributed by atoms with Gasteiger partial charge in [-0.1, -0.05) is 60.3 Å². The van der Waals surface area contributed by atoms with Gasteiger partial charge in [0.05, 0.1) is 11.4 Å². The van der Waals surface area contributed by atoms with Crippen LogP contribution in [0.15, 0.2) is 103 Å². The van der Waals surface area contributed by atoms with E-state index in [2.05, 4.69) is 0 Å². The molecule has 8 heteroatoms. The second-order valence-electron chi connectivity index (χ2n) is 7.76. The van der Waals surface area contributed by atoms with Crippen LogP contribution in [-0.4, -0.2) is 9.67 Å². The molecule has 0 saturated carbocycles. The fraction of sp³-hybridized carbons (Fsp3) is 0.0370. The van der Waals surface area contributed by atoms with Gasteiger partial charge in [-0.2, -0.15) is 0 Å². The molecule has 2 aromatic heterocycles. The minimum Gasteiger partial charge on any atom is -0.505 e. The maximum absolute atomic E-state index is 14.2. The summed E-state index contributed by atoms with van der Waals surface area (Å²) in [5.41, 5.74) is -0.0922. The normalized spacial score (nSPS) is 11.2. The van der Waals surface area contributed by atoms with Crippen molar-refractivity contribution in [3.63, 3.8) is 0 Å². The Labute approximate surface area is 201 Å². The van der Waals surface area contributed by atoms with Crippen molar-refractivity contribution in [1.82, 2.24) is 4.57 Å². The summed E-state index contributed by atoms with van der Waals surface area (Å²) in [5, 5.41) is 10.8. The van der Waals surface area contributed by atoms with Crippen molar-refractivity contribution < 1.29 is 18.3 Å². The number of nitrogens with zero attached hydrogens (tertiary/aromatic N) is 1. The highest BCUT2D eigenvalue weighted by Crippen LogP contribution is 2.39. The summed E-state index contributed by atoms with van der Waals surface area (Å²) >= 11 is 0.662. The number of hydrogen-bond donors (Lipinski definition) is 1. The summed E-state index contributed by atoms with van der Waals surface area (Å²) in [6.07, 6.45) is 0. The Bertz CT molecular complexity index is 1710. The number of hydrogen-bond acceptors (Lipinski definition) is 5. The molecule has 0 aliphatic heterocycles. The van der Waals surface area contributed by atoms with Gasteiger partial charge in [0.1, 0.15) is 21.9 Å². The van der Waals surface area contributed by atoms with Gasteiger partial charge >= 0.3 is 5.63 Å². The highest BCUT2D eigenvalue weighted by molar-refractivity contribution is 7.99. The molecule has 35 heavy (non-hydrogen) atoms. The molecule has 3 aromatic carbocycles. The number of pyridine rings is 1. The van der Waals surface area contributed by atoms with E-state index in [0.717, 1.165) is 0 Å². The van der Waals surface area contributed by atoms with Crippen LogP contribution in [0.2, 0.25) is 0 Å². The monoisotopic (exact) mass is 489 g/mol. The van der Waals surface area contributed by atoms with Crippen molar-refractivity contribution >= 4 is 22.7 Å². The summed E-state index contributed by atoms with van der Waals surface area (Å²) in [4.78, 5) is 26.4. The Balaban J connectivity index is 1.88. The number of rotatable bonds is 4. The van der Waals surface area contributed by atoms with Crippen LogP contribution in [0.5, 0.6) is 5.75 Å². The first kappa shape index (κ1) is 22.6. The molecule has 0 spiro atoms. The molecule has 0 aliphatic carbocycles. The van der Waals surface area contributed by atoms with Crippen LogP contribution in [0.3, 0.4) is 0 Å². The number of aryl methyl sites for hydroxylation is 1. The number of benzene rings is 3. The Kier molecular flexibility index (Phi) is 5.74. The summed E-state index contributed by atoms with van der Waals surface area (Å²) in [6.45, 7) is 1.64. The van der Waals surface area contributed by atoms with Crippen molar-refractivity contribution in [2.24, 2.45) is 0 Å². The minimum atomic E-state index is -0.909. The van der Waals surface area contributed by atoms with Crippen molar-refractivity contribution in [3.05, 3.63) is 117 Å². The maximum Gasteiger partial charge on any atom is 0.354 e. The third-order valence-corrected chi connectivity index (χ3v) is 6.67. The van der Waals surface area contributed by atoms with Crippen LogP contribution in [-0.2, 0) is 0 Å².